The second-order valence-electron chi connectivity index (χ2n) is 7.52. The normalized spacial score (nSPS) is 11.7. The third-order valence-corrected chi connectivity index (χ3v) is 6.78. The Labute approximate surface area is 177 Å². The number of imidazole rings is 1. The van der Waals surface area contributed by atoms with Gasteiger partial charge in [-0.3, -0.25) is 0 Å². The number of ether oxygens (including phenoxy) is 1. The number of rotatable bonds is 9. The fourth-order valence-electron chi connectivity index (χ4n) is 3.90. The van der Waals surface area contributed by atoms with Crippen LogP contribution in [0.1, 0.15) is 62.2 Å². The zero-order valence-electron chi connectivity index (χ0n) is 18.7. The van der Waals surface area contributed by atoms with E-state index in [1.54, 1.807) is 18.4 Å². The topological polar surface area (TPSA) is 55.5 Å². The molecule has 0 N–H and O–H groups in total. The van der Waals surface area contributed by atoms with E-state index in [0.29, 0.717) is 12.5 Å². The van der Waals surface area contributed by atoms with Crippen LogP contribution in [0.2, 0.25) is 0 Å². The molecular formula is C22H33N5OS. The molecule has 0 aliphatic carbocycles. The van der Waals surface area contributed by atoms with Crippen molar-refractivity contribution in [1.82, 2.24) is 19.6 Å². The van der Waals surface area contributed by atoms with Gasteiger partial charge in [-0.1, -0.05) is 25.2 Å². The summed E-state index contributed by atoms with van der Waals surface area (Å²) < 4.78 is 7.31. The number of hydrogen-bond acceptors (Lipinski definition) is 6. The van der Waals surface area contributed by atoms with Crippen LogP contribution in [0.15, 0.2) is 6.07 Å². The highest BCUT2D eigenvalue weighted by Crippen LogP contribution is 2.38. The minimum atomic E-state index is 0.497. The smallest absolute Gasteiger partial charge is 0.186 e. The maximum Gasteiger partial charge on any atom is 0.186 e. The first-order chi connectivity index (χ1) is 13.9. The molecule has 29 heavy (non-hydrogen) atoms. The Morgan fingerprint density at radius 2 is 1.83 bits per heavy atom. The summed E-state index contributed by atoms with van der Waals surface area (Å²) in [6.45, 7) is 15.3. The number of nitrogens with zero attached hydrogens (tertiary/aromatic N) is 5. The lowest BCUT2D eigenvalue weighted by Gasteiger charge is -2.18. The van der Waals surface area contributed by atoms with Gasteiger partial charge in [-0.25, -0.2) is 14.5 Å². The van der Waals surface area contributed by atoms with Crippen LogP contribution in [0.3, 0.4) is 0 Å². The monoisotopic (exact) mass is 415 g/mol. The van der Waals surface area contributed by atoms with E-state index < -0.39 is 0 Å². The molecule has 0 radical (unpaired) electrons. The average Bonchev–Trinajstić information content (AvgIpc) is 3.22. The van der Waals surface area contributed by atoms with Gasteiger partial charge in [0, 0.05) is 25.8 Å². The molecule has 0 bridgehead atoms. The Bertz CT molecular complexity index is 973. The van der Waals surface area contributed by atoms with Crippen molar-refractivity contribution < 1.29 is 4.74 Å². The number of methoxy groups -OCH3 is 1. The molecule has 0 atom stereocenters. The Morgan fingerprint density at radius 1 is 1.10 bits per heavy atom. The fourth-order valence-corrected chi connectivity index (χ4v) is 5.13. The van der Waals surface area contributed by atoms with E-state index in [-0.39, 0.29) is 0 Å². The molecule has 0 aliphatic heterocycles. The molecule has 0 aliphatic rings. The van der Waals surface area contributed by atoms with E-state index in [2.05, 4.69) is 52.5 Å². The highest BCUT2D eigenvalue weighted by Gasteiger charge is 2.23. The molecule has 0 unspecified atom stereocenters. The summed E-state index contributed by atoms with van der Waals surface area (Å²) in [6.07, 6.45) is 2.21. The maximum atomic E-state index is 5.26. The van der Waals surface area contributed by atoms with Crippen LogP contribution >= 0.6 is 11.3 Å². The van der Waals surface area contributed by atoms with Gasteiger partial charge in [-0.2, -0.15) is 5.10 Å². The first kappa shape index (κ1) is 21.7. The minimum Gasteiger partial charge on any atom is -0.383 e. The van der Waals surface area contributed by atoms with Crippen molar-refractivity contribution >= 4 is 22.1 Å². The predicted molar refractivity (Wildman–Crippen MR) is 121 cm³/mol. The van der Waals surface area contributed by atoms with Gasteiger partial charge in [0.2, 0.25) is 0 Å². The highest BCUT2D eigenvalue weighted by atomic mass is 32.1. The first-order valence-corrected chi connectivity index (χ1v) is 11.3. The van der Waals surface area contributed by atoms with E-state index in [0.717, 1.165) is 64.4 Å². The largest absolute Gasteiger partial charge is 0.383 e. The zero-order chi connectivity index (χ0) is 21.1. The number of aromatic nitrogens is 4. The maximum absolute atomic E-state index is 5.26. The molecule has 7 heteroatoms. The predicted octanol–water partition coefficient (Wildman–Crippen LogP) is 5.15. The summed E-state index contributed by atoms with van der Waals surface area (Å²) in [7, 11) is 1.74. The van der Waals surface area contributed by atoms with Crippen LogP contribution in [-0.4, -0.2) is 46.4 Å². The summed E-state index contributed by atoms with van der Waals surface area (Å²) in [5, 5.41) is 5.88. The van der Waals surface area contributed by atoms with Crippen molar-refractivity contribution in [3.63, 3.8) is 0 Å². The molecule has 0 aromatic carbocycles. The van der Waals surface area contributed by atoms with Crippen molar-refractivity contribution in [3.8, 4) is 10.6 Å². The van der Waals surface area contributed by atoms with Crippen molar-refractivity contribution in [1.29, 1.82) is 0 Å². The zero-order valence-corrected chi connectivity index (χ0v) is 19.6. The van der Waals surface area contributed by atoms with E-state index >= 15 is 0 Å². The van der Waals surface area contributed by atoms with Crippen molar-refractivity contribution in [2.75, 3.05) is 31.7 Å². The summed E-state index contributed by atoms with van der Waals surface area (Å²) in [5.74, 6) is 0.497. The van der Waals surface area contributed by atoms with E-state index in [1.165, 1.54) is 5.56 Å². The van der Waals surface area contributed by atoms with Gasteiger partial charge in [0.15, 0.2) is 10.8 Å². The highest BCUT2D eigenvalue weighted by molar-refractivity contribution is 7.19. The molecule has 0 amide bonds. The van der Waals surface area contributed by atoms with Crippen LogP contribution in [0.4, 0.5) is 5.13 Å². The van der Waals surface area contributed by atoms with Crippen LogP contribution in [0.25, 0.3) is 16.2 Å². The number of hydrogen-bond donors (Lipinski definition) is 0. The van der Waals surface area contributed by atoms with Crippen LogP contribution in [0.5, 0.6) is 0 Å². The molecular weight excluding hydrogens is 382 g/mol. The van der Waals surface area contributed by atoms with Crippen LogP contribution in [-0.2, 0) is 4.74 Å². The van der Waals surface area contributed by atoms with Gasteiger partial charge in [-0.05, 0) is 52.5 Å². The molecule has 6 nitrogen and oxygen atoms in total. The van der Waals surface area contributed by atoms with Crippen LogP contribution in [0, 0.1) is 20.8 Å². The first-order valence-electron chi connectivity index (χ1n) is 10.5. The molecule has 3 aromatic rings. The van der Waals surface area contributed by atoms with E-state index in [1.807, 2.05) is 4.52 Å². The molecule has 158 valence electrons. The molecule has 3 aromatic heterocycles. The lowest BCUT2D eigenvalue weighted by molar-refractivity contribution is 0.205. The lowest BCUT2D eigenvalue weighted by atomic mass is 9.95. The van der Waals surface area contributed by atoms with E-state index in [4.69, 9.17) is 19.8 Å². The Balaban J connectivity index is 2.15. The van der Waals surface area contributed by atoms with Gasteiger partial charge < -0.3 is 9.64 Å². The Kier molecular flexibility index (Phi) is 6.90. The summed E-state index contributed by atoms with van der Waals surface area (Å²) in [6, 6.07) is 2.21. The summed E-state index contributed by atoms with van der Waals surface area (Å²) in [5.41, 5.74) is 6.41. The number of anilines is 1. The number of thiazole rings is 1. The fraction of sp³-hybridized carbons (Fsp3) is 0.591. The van der Waals surface area contributed by atoms with Gasteiger partial charge in [0.1, 0.15) is 5.69 Å². The summed E-state index contributed by atoms with van der Waals surface area (Å²) in [4.78, 5) is 13.2. The second-order valence-corrected chi connectivity index (χ2v) is 8.50. The lowest BCUT2D eigenvalue weighted by Crippen LogP contribution is -2.26. The average molecular weight is 416 g/mol. The van der Waals surface area contributed by atoms with Gasteiger partial charge in [0.25, 0.3) is 0 Å². The quantitative estimate of drug-likeness (QED) is 0.483. The SMILES string of the molecule is CCC(CC)c1cc(C)nn2c(-c3sc(N(CC)CCOC)nc3C)c(C)nc12. The third kappa shape index (κ3) is 4.16. The minimum absolute atomic E-state index is 0.497. The van der Waals surface area contributed by atoms with Gasteiger partial charge in [0.05, 0.1) is 28.6 Å². The Hall–Kier alpha value is -1.99. The summed E-state index contributed by atoms with van der Waals surface area (Å²) >= 11 is 1.72. The van der Waals surface area contributed by atoms with Gasteiger partial charge >= 0.3 is 0 Å². The number of fused-ring (bicyclic) bond motifs is 1. The Morgan fingerprint density at radius 3 is 2.45 bits per heavy atom. The molecule has 3 rings (SSSR count). The van der Waals surface area contributed by atoms with Crippen molar-refractivity contribution in [2.24, 2.45) is 0 Å². The molecule has 0 saturated heterocycles. The number of likely N-dealkylation sites (N-methyl/N-ethyl adjacent to an activating group) is 1. The molecule has 0 spiro atoms. The molecule has 3 heterocycles. The van der Waals surface area contributed by atoms with E-state index in [9.17, 15) is 0 Å². The number of aryl methyl sites for hydroxylation is 3. The van der Waals surface area contributed by atoms with Gasteiger partial charge in [-0.15, -0.1) is 0 Å². The second kappa shape index (κ2) is 9.22. The van der Waals surface area contributed by atoms with Crippen molar-refractivity contribution in [2.45, 2.75) is 60.3 Å². The molecule has 0 fully saturated rings. The third-order valence-electron chi connectivity index (χ3n) is 5.55. The standard InChI is InChI=1S/C22H33N5OS/c1-8-17(9-2)18-13-14(4)25-27-19(15(5)23-21(18)27)20-16(6)24-22(29-20)26(10-3)11-12-28-7/h13,17H,8-12H2,1-7H3. The van der Waals surface area contributed by atoms with Crippen molar-refractivity contribution in [3.05, 3.63) is 28.7 Å². The van der Waals surface area contributed by atoms with Crippen LogP contribution < -0.4 is 4.90 Å². The molecule has 0 saturated carbocycles.